The summed E-state index contributed by atoms with van der Waals surface area (Å²) in [6.45, 7) is 12.2. The van der Waals surface area contributed by atoms with Crippen molar-refractivity contribution in [2.45, 2.75) is 46.1 Å². The van der Waals surface area contributed by atoms with Gasteiger partial charge in [0.25, 0.3) is 0 Å². The van der Waals surface area contributed by atoms with Crippen molar-refractivity contribution in [3.8, 4) is 0 Å². The van der Waals surface area contributed by atoms with Gasteiger partial charge in [0.1, 0.15) is 0 Å². The molecular weight excluding hydrogens is 262 g/mol. The Labute approximate surface area is 127 Å². The number of rotatable bonds is 4. The number of benzene rings is 1. The van der Waals surface area contributed by atoms with Crippen LogP contribution in [-0.2, 0) is 5.41 Å². The maximum atomic E-state index is 3.67. The molecule has 2 rings (SSSR count). The highest BCUT2D eigenvalue weighted by atomic mass is 32.1. The van der Waals surface area contributed by atoms with E-state index >= 15 is 0 Å². The third kappa shape index (κ3) is 3.13. The van der Waals surface area contributed by atoms with Crippen LogP contribution in [0.25, 0.3) is 0 Å². The maximum absolute atomic E-state index is 3.67. The highest BCUT2D eigenvalue weighted by molar-refractivity contribution is 7.10. The van der Waals surface area contributed by atoms with Gasteiger partial charge in [-0.2, -0.15) is 0 Å². The third-order valence-corrected chi connectivity index (χ3v) is 4.74. The molecule has 20 heavy (non-hydrogen) atoms. The molecule has 1 unspecified atom stereocenters. The molecule has 0 amide bonds. The number of nitrogens with one attached hydrogen (secondary N) is 1. The summed E-state index contributed by atoms with van der Waals surface area (Å²) in [5, 5.41) is 5.85. The van der Waals surface area contributed by atoms with E-state index in [1.54, 1.807) is 0 Å². The van der Waals surface area contributed by atoms with Crippen LogP contribution in [0.4, 0.5) is 0 Å². The van der Waals surface area contributed by atoms with Crippen molar-refractivity contribution < 1.29 is 0 Å². The summed E-state index contributed by atoms with van der Waals surface area (Å²) in [6.07, 6.45) is 0. The first kappa shape index (κ1) is 15.3. The molecule has 0 spiro atoms. The van der Waals surface area contributed by atoms with Crippen LogP contribution < -0.4 is 5.32 Å². The Morgan fingerprint density at radius 1 is 1.15 bits per heavy atom. The molecule has 108 valence electrons. The van der Waals surface area contributed by atoms with Crippen LogP contribution in [0.15, 0.2) is 35.7 Å². The summed E-state index contributed by atoms with van der Waals surface area (Å²) >= 11 is 1.85. The van der Waals surface area contributed by atoms with Crippen LogP contribution in [0.2, 0.25) is 0 Å². The van der Waals surface area contributed by atoms with E-state index in [1.165, 1.54) is 21.6 Å². The highest BCUT2D eigenvalue weighted by Gasteiger charge is 2.24. The smallest absolute Gasteiger partial charge is 0.0676 e. The van der Waals surface area contributed by atoms with Gasteiger partial charge in [0.15, 0.2) is 0 Å². The molecule has 1 aromatic heterocycles. The first-order valence-electron chi connectivity index (χ1n) is 7.32. The van der Waals surface area contributed by atoms with Gasteiger partial charge in [-0.05, 0) is 47.0 Å². The zero-order chi connectivity index (χ0) is 14.8. The lowest BCUT2D eigenvalue weighted by Crippen LogP contribution is -2.25. The number of hydrogen-bond donors (Lipinski definition) is 1. The van der Waals surface area contributed by atoms with Crippen LogP contribution in [0.3, 0.4) is 0 Å². The zero-order valence-electron chi connectivity index (χ0n) is 13.2. The molecule has 2 aromatic rings. The molecule has 0 fully saturated rings. The Hall–Kier alpha value is -1.12. The molecule has 1 heterocycles. The molecule has 1 aromatic carbocycles. The molecular formula is C18H25NS. The average Bonchev–Trinajstić information content (AvgIpc) is 2.81. The van der Waals surface area contributed by atoms with Gasteiger partial charge in [-0.15, -0.1) is 11.3 Å². The summed E-state index contributed by atoms with van der Waals surface area (Å²) in [5.41, 5.74) is 4.38. The van der Waals surface area contributed by atoms with Crippen LogP contribution in [0, 0.1) is 6.92 Å². The lowest BCUT2D eigenvalue weighted by atomic mass is 9.81. The molecule has 0 bridgehead atoms. The first-order chi connectivity index (χ1) is 9.45. The van der Waals surface area contributed by atoms with Crippen molar-refractivity contribution in [2.24, 2.45) is 0 Å². The standard InChI is InChI=1S/C18H25NS/c1-6-19-16(17-13(2)11-12-20-17)14-9-7-8-10-15(14)18(3,4)5/h7-12,16,19H,6H2,1-5H3. The highest BCUT2D eigenvalue weighted by Crippen LogP contribution is 2.35. The summed E-state index contributed by atoms with van der Waals surface area (Å²) in [6, 6.07) is 11.3. The predicted molar refractivity (Wildman–Crippen MR) is 89.7 cm³/mol. The molecule has 2 heteroatoms. The van der Waals surface area contributed by atoms with Crippen LogP contribution in [0.1, 0.15) is 55.3 Å². The Morgan fingerprint density at radius 2 is 1.85 bits per heavy atom. The second kappa shape index (κ2) is 6.11. The Morgan fingerprint density at radius 3 is 2.40 bits per heavy atom. The minimum absolute atomic E-state index is 0.162. The lowest BCUT2D eigenvalue weighted by molar-refractivity contribution is 0.559. The van der Waals surface area contributed by atoms with E-state index in [2.05, 4.69) is 75.6 Å². The van der Waals surface area contributed by atoms with E-state index in [0.29, 0.717) is 6.04 Å². The molecule has 1 nitrogen and oxygen atoms in total. The molecule has 0 aliphatic rings. The second-order valence-corrected chi connectivity index (χ2v) is 7.24. The molecule has 0 saturated heterocycles. The van der Waals surface area contributed by atoms with Crippen molar-refractivity contribution in [2.75, 3.05) is 6.54 Å². The summed E-state index contributed by atoms with van der Waals surface area (Å²) in [4.78, 5) is 1.43. The fourth-order valence-electron chi connectivity index (χ4n) is 2.66. The van der Waals surface area contributed by atoms with Crippen molar-refractivity contribution in [3.63, 3.8) is 0 Å². The van der Waals surface area contributed by atoms with Gasteiger partial charge in [-0.3, -0.25) is 0 Å². The van der Waals surface area contributed by atoms with Crippen molar-refractivity contribution in [3.05, 3.63) is 57.3 Å². The van der Waals surface area contributed by atoms with Crippen LogP contribution in [-0.4, -0.2) is 6.54 Å². The van der Waals surface area contributed by atoms with E-state index < -0.39 is 0 Å². The van der Waals surface area contributed by atoms with E-state index in [1.807, 2.05) is 11.3 Å². The maximum Gasteiger partial charge on any atom is 0.0676 e. The van der Waals surface area contributed by atoms with Gasteiger partial charge in [0.2, 0.25) is 0 Å². The normalized spacial score (nSPS) is 13.4. The van der Waals surface area contributed by atoms with Gasteiger partial charge in [-0.25, -0.2) is 0 Å². The minimum atomic E-state index is 0.162. The SMILES string of the molecule is CCNC(c1ccccc1C(C)(C)C)c1sccc1C. The van der Waals surface area contributed by atoms with E-state index in [-0.39, 0.29) is 5.41 Å². The predicted octanol–water partition coefficient (Wildman–Crippen LogP) is 5.05. The molecule has 0 radical (unpaired) electrons. The number of aryl methyl sites for hydroxylation is 1. The van der Waals surface area contributed by atoms with Crippen molar-refractivity contribution in [1.29, 1.82) is 0 Å². The fraction of sp³-hybridized carbons (Fsp3) is 0.444. The average molecular weight is 287 g/mol. The molecule has 0 aliphatic carbocycles. The second-order valence-electron chi connectivity index (χ2n) is 6.30. The third-order valence-electron chi connectivity index (χ3n) is 3.65. The van der Waals surface area contributed by atoms with Gasteiger partial charge in [0, 0.05) is 4.88 Å². The minimum Gasteiger partial charge on any atom is -0.306 e. The van der Waals surface area contributed by atoms with E-state index in [4.69, 9.17) is 0 Å². The van der Waals surface area contributed by atoms with E-state index in [9.17, 15) is 0 Å². The summed E-state index contributed by atoms with van der Waals surface area (Å²) in [5.74, 6) is 0. The molecule has 0 saturated carbocycles. The largest absolute Gasteiger partial charge is 0.306 e. The number of thiophene rings is 1. The Balaban J connectivity index is 2.54. The topological polar surface area (TPSA) is 12.0 Å². The summed E-state index contributed by atoms with van der Waals surface area (Å²) < 4.78 is 0. The fourth-order valence-corrected chi connectivity index (χ4v) is 3.68. The van der Waals surface area contributed by atoms with Crippen LogP contribution in [0.5, 0.6) is 0 Å². The quantitative estimate of drug-likeness (QED) is 0.829. The summed E-state index contributed by atoms with van der Waals surface area (Å²) in [7, 11) is 0. The van der Waals surface area contributed by atoms with Crippen molar-refractivity contribution in [1.82, 2.24) is 5.32 Å². The Kier molecular flexibility index (Phi) is 4.66. The molecule has 1 atom stereocenters. The zero-order valence-corrected chi connectivity index (χ0v) is 14.0. The first-order valence-corrected chi connectivity index (χ1v) is 8.20. The van der Waals surface area contributed by atoms with Gasteiger partial charge in [-0.1, -0.05) is 52.0 Å². The van der Waals surface area contributed by atoms with Crippen LogP contribution >= 0.6 is 11.3 Å². The Bertz CT molecular complexity index is 563. The monoisotopic (exact) mass is 287 g/mol. The molecule has 0 aliphatic heterocycles. The van der Waals surface area contributed by atoms with Gasteiger partial charge >= 0.3 is 0 Å². The van der Waals surface area contributed by atoms with E-state index in [0.717, 1.165) is 6.54 Å². The van der Waals surface area contributed by atoms with Gasteiger partial charge in [0.05, 0.1) is 6.04 Å². The molecule has 1 N–H and O–H groups in total. The number of hydrogen-bond acceptors (Lipinski definition) is 2. The lowest BCUT2D eigenvalue weighted by Gasteiger charge is -2.28. The van der Waals surface area contributed by atoms with Crippen molar-refractivity contribution >= 4 is 11.3 Å². The van der Waals surface area contributed by atoms with Gasteiger partial charge < -0.3 is 5.32 Å².